The Hall–Kier alpha value is -1.81. The highest BCUT2D eigenvalue weighted by Gasteiger charge is 2.47. The maximum atomic E-state index is 14.1. The van der Waals surface area contributed by atoms with Crippen LogP contribution in [0.3, 0.4) is 0 Å². The third-order valence-corrected chi connectivity index (χ3v) is 7.12. The highest BCUT2D eigenvalue weighted by atomic mass is 19.1. The van der Waals surface area contributed by atoms with Crippen molar-refractivity contribution >= 4 is 11.9 Å². The Morgan fingerprint density at radius 1 is 1.42 bits per heavy atom. The first-order valence-corrected chi connectivity index (χ1v) is 11.1. The number of halogens is 1. The summed E-state index contributed by atoms with van der Waals surface area (Å²) in [6.07, 6.45) is 4.20. The van der Waals surface area contributed by atoms with Crippen molar-refractivity contribution < 1.29 is 28.8 Å². The minimum Gasteiger partial charge on any atom is -0.469 e. The SMILES string of the molecule is COC(=O)C1CC(O)C(F)CC1NC(=O)C1CCC2(N3CCNC3)CCC=C=C[NH+]2[N-]1. The predicted octanol–water partition coefficient (Wildman–Crippen LogP) is -0.889. The molecule has 7 atom stereocenters. The zero-order valence-electron chi connectivity index (χ0n) is 17.8. The zero-order valence-corrected chi connectivity index (χ0v) is 17.8. The van der Waals surface area contributed by atoms with Gasteiger partial charge in [0.15, 0.2) is 5.66 Å². The Balaban J connectivity index is 1.46. The van der Waals surface area contributed by atoms with E-state index < -0.39 is 36.2 Å². The van der Waals surface area contributed by atoms with Crippen LogP contribution >= 0.6 is 0 Å². The van der Waals surface area contributed by atoms with Gasteiger partial charge in [-0.15, -0.1) is 0 Å². The first kappa shape index (κ1) is 22.4. The molecule has 4 N–H and O–H groups in total. The molecule has 3 fully saturated rings. The quantitative estimate of drug-likeness (QED) is 0.336. The van der Waals surface area contributed by atoms with E-state index in [0.29, 0.717) is 6.42 Å². The van der Waals surface area contributed by atoms with E-state index in [-0.39, 0.29) is 24.4 Å². The van der Waals surface area contributed by atoms with Crippen LogP contribution in [0, 0.1) is 5.92 Å². The molecule has 10 heteroatoms. The molecule has 7 unspecified atom stereocenters. The van der Waals surface area contributed by atoms with E-state index in [1.807, 2.05) is 12.3 Å². The summed E-state index contributed by atoms with van der Waals surface area (Å²) in [7, 11) is 1.25. The topological polar surface area (TPSA) is 109 Å². The van der Waals surface area contributed by atoms with E-state index in [2.05, 4.69) is 21.3 Å². The lowest BCUT2D eigenvalue weighted by Crippen LogP contribution is -3.17. The lowest BCUT2D eigenvalue weighted by atomic mass is 9.81. The number of ether oxygens (including phenoxy) is 1. The van der Waals surface area contributed by atoms with E-state index in [1.54, 1.807) is 0 Å². The number of carbonyl (C=O) groups is 2. The molecule has 31 heavy (non-hydrogen) atoms. The number of esters is 1. The van der Waals surface area contributed by atoms with Crippen LogP contribution in [0.5, 0.6) is 0 Å². The summed E-state index contributed by atoms with van der Waals surface area (Å²) in [4.78, 5) is 27.6. The number of aliphatic hydroxyl groups excluding tert-OH is 1. The molecule has 172 valence electrons. The van der Waals surface area contributed by atoms with Gasteiger partial charge in [0.05, 0.1) is 25.8 Å². The molecule has 0 bridgehead atoms. The number of nitrogens with one attached hydrogen (secondary N) is 3. The lowest BCUT2D eigenvalue weighted by molar-refractivity contribution is -0.891. The molecule has 1 aliphatic carbocycles. The number of fused-ring (bicyclic) bond motifs is 1. The largest absolute Gasteiger partial charge is 0.469 e. The van der Waals surface area contributed by atoms with Crippen LogP contribution in [0.15, 0.2) is 18.0 Å². The van der Waals surface area contributed by atoms with E-state index in [0.717, 1.165) is 44.0 Å². The summed E-state index contributed by atoms with van der Waals surface area (Å²) < 4.78 is 18.9. The minimum absolute atomic E-state index is 0.0728. The first-order chi connectivity index (χ1) is 14.9. The van der Waals surface area contributed by atoms with Crippen molar-refractivity contribution in [3.63, 3.8) is 0 Å². The molecular weight excluding hydrogens is 405 g/mol. The molecule has 3 heterocycles. The van der Waals surface area contributed by atoms with Crippen molar-refractivity contribution in [3.05, 3.63) is 23.4 Å². The van der Waals surface area contributed by atoms with Crippen molar-refractivity contribution in [1.29, 1.82) is 0 Å². The standard InChI is InChI=1S/C21H32FN5O4/c1-31-20(30)14-11-18(28)15(22)12-17(14)24-19(29)16-5-7-21(26-10-8-23-13-26)6-3-2-4-9-27(21)25-16/h2,9,14-18,23,27-28H,3,5-8,10-13H2,1H3,(H,24,29). The number of carbonyl (C=O) groups excluding carboxylic acids is 2. The minimum atomic E-state index is -1.49. The predicted molar refractivity (Wildman–Crippen MR) is 109 cm³/mol. The lowest BCUT2D eigenvalue weighted by Gasteiger charge is -2.55. The number of alkyl halides is 1. The van der Waals surface area contributed by atoms with Crippen molar-refractivity contribution in [2.24, 2.45) is 5.92 Å². The second kappa shape index (κ2) is 9.36. The normalized spacial score (nSPS) is 40.7. The van der Waals surface area contributed by atoms with Gasteiger partial charge in [0.2, 0.25) is 5.91 Å². The molecule has 0 spiro atoms. The van der Waals surface area contributed by atoms with E-state index >= 15 is 0 Å². The summed E-state index contributed by atoms with van der Waals surface area (Å²) in [5.41, 5.74) is 7.78. The maximum absolute atomic E-state index is 14.1. The Morgan fingerprint density at radius 2 is 2.26 bits per heavy atom. The number of rotatable bonds is 4. The van der Waals surface area contributed by atoms with Crippen LogP contribution in [-0.4, -0.2) is 78.8 Å². The molecule has 0 aromatic carbocycles. The van der Waals surface area contributed by atoms with Crippen molar-refractivity contribution in [2.75, 3.05) is 26.9 Å². The molecule has 3 aliphatic heterocycles. The molecule has 0 aromatic heterocycles. The number of methoxy groups -OCH3 is 1. The number of amides is 1. The fourth-order valence-corrected chi connectivity index (χ4v) is 5.34. The molecule has 2 saturated heterocycles. The fraction of sp³-hybridized carbons (Fsp3) is 0.762. The van der Waals surface area contributed by atoms with Gasteiger partial charge in [-0.2, -0.15) is 0 Å². The van der Waals surface area contributed by atoms with Gasteiger partial charge in [0, 0.05) is 38.4 Å². The maximum Gasteiger partial charge on any atom is 0.310 e. The van der Waals surface area contributed by atoms with Gasteiger partial charge in [-0.05, 0) is 31.4 Å². The van der Waals surface area contributed by atoms with Crippen LogP contribution in [0.4, 0.5) is 4.39 Å². The first-order valence-electron chi connectivity index (χ1n) is 11.1. The van der Waals surface area contributed by atoms with Gasteiger partial charge in [0.25, 0.3) is 0 Å². The average molecular weight is 438 g/mol. The van der Waals surface area contributed by atoms with E-state index in [1.165, 1.54) is 7.11 Å². The second-order valence-electron chi connectivity index (χ2n) is 8.88. The second-order valence-corrected chi connectivity index (χ2v) is 8.88. The third-order valence-electron chi connectivity index (χ3n) is 7.12. The molecule has 0 radical (unpaired) electrons. The molecule has 4 rings (SSSR count). The summed E-state index contributed by atoms with van der Waals surface area (Å²) in [6, 6.07) is -1.32. The van der Waals surface area contributed by atoms with Gasteiger partial charge in [-0.25, -0.2) is 9.29 Å². The Kier molecular flexibility index (Phi) is 6.76. The number of hydrogen-bond acceptors (Lipinski definition) is 6. The van der Waals surface area contributed by atoms with Gasteiger partial charge in [-0.3, -0.25) is 9.59 Å². The average Bonchev–Trinajstić information content (AvgIpc) is 3.23. The van der Waals surface area contributed by atoms with Crippen molar-refractivity contribution in [3.8, 4) is 0 Å². The van der Waals surface area contributed by atoms with Gasteiger partial charge < -0.3 is 30.9 Å². The van der Waals surface area contributed by atoms with Crippen LogP contribution in [-0.2, 0) is 14.3 Å². The van der Waals surface area contributed by atoms with Gasteiger partial charge in [0.1, 0.15) is 12.4 Å². The van der Waals surface area contributed by atoms with Crippen molar-refractivity contribution in [1.82, 2.24) is 15.5 Å². The number of allylic oxidation sites excluding steroid dienone is 1. The monoisotopic (exact) mass is 437 g/mol. The number of hydrogen-bond donors (Lipinski definition) is 4. The van der Waals surface area contributed by atoms with Crippen molar-refractivity contribution in [2.45, 2.75) is 68.5 Å². The van der Waals surface area contributed by atoms with E-state index in [9.17, 15) is 19.1 Å². The Bertz CT molecular complexity index is 754. The smallest absolute Gasteiger partial charge is 0.310 e. The molecule has 9 nitrogen and oxygen atoms in total. The summed E-state index contributed by atoms with van der Waals surface area (Å²) in [5.74, 6) is -1.64. The fourth-order valence-electron chi connectivity index (χ4n) is 5.34. The summed E-state index contributed by atoms with van der Waals surface area (Å²) in [6.45, 7) is 2.67. The van der Waals surface area contributed by atoms with E-state index in [4.69, 9.17) is 10.2 Å². The molecule has 4 aliphatic rings. The molecule has 1 saturated carbocycles. The number of nitrogens with zero attached hydrogens (tertiary/aromatic N) is 2. The van der Waals surface area contributed by atoms with Crippen LogP contribution in [0.1, 0.15) is 38.5 Å². The number of quaternary nitrogens is 1. The van der Waals surface area contributed by atoms with Crippen LogP contribution < -0.4 is 15.6 Å². The highest BCUT2D eigenvalue weighted by Crippen LogP contribution is 2.31. The zero-order chi connectivity index (χ0) is 22.0. The molecule has 0 aromatic rings. The van der Waals surface area contributed by atoms with Gasteiger partial charge in [-0.1, -0.05) is 5.73 Å². The summed E-state index contributed by atoms with van der Waals surface area (Å²) in [5, 5.41) is 16.9. The highest BCUT2D eigenvalue weighted by molar-refractivity contribution is 5.85. The summed E-state index contributed by atoms with van der Waals surface area (Å²) >= 11 is 0. The molecule has 1 amide bonds. The van der Waals surface area contributed by atoms with Gasteiger partial charge >= 0.3 is 5.97 Å². The van der Waals surface area contributed by atoms with Crippen LogP contribution in [0.25, 0.3) is 5.43 Å². The van der Waals surface area contributed by atoms with Crippen LogP contribution in [0.2, 0.25) is 0 Å². The molecular formula is C21H32FN5O4. The Morgan fingerprint density at radius 3 is 3.00 bits per heavy atom. The Labute approximate surface area is 181 Å². The third kappa shape index (κ3) is 4.41. The number of aliphatic hydroxyl groups is 1.